The molecule has 0 fully saturated rings. The van der Waals surface area contributed by atoms with Gasteiger partial charge in [0.15, 0.2) is 0 Å². The number of hydrogen-bond donors (Lipinski definition) is 0. The Morgan fingerprint density at radius 1 is 1.60 bits per heavy atom. The van der Waals surface area contributed by atoms with E-state index in [-0.39, 0.29) is 0 Å². The van der Waals surface area contributed by atoms with E-state index >= 15 is 0 Å². The van der Waals surface area contributed by atoms with Crippen molar-refractivity contribution in [3.63, 3.8) is 0 Å². The summed E-state index contributed by atoms with van der Waals surface area (Å²) >= 11 is 0. The fourth-order valence-electron chi connectivity index (χ4n) is 1.54. The third-order valence-corrected chi connectivity index (χ3v) is 2.43. The summed E-state index contributed by atoms with van der Waals surface area (Å²) in [6.07, 6.45) is 5.80. The highest BCUT2D eigenvalue weighted by Gasteiger charge is 2.17. The monoisotopic (exact) mass is 139 g/mol. The molecule has 10 heavy (non-hydrogen) atoms. The lowest BCUT2D eigenvalue weighted by atomic mass is 9.89. The van der Waals surface area contributed by atoms with Crippen LogP contribution in [0, 0.1) is 11.8 Å². The van der Waals surface area contributed by atoms with Gasteiger partial charge in [0.25, 0.3) is 0 Å². The summed E-state index contributed by atoms with van der Waals surface area (Å²) in [6.45, 7) is 5.81. The average Bonchev–Trinajstić information content (AvgIpc) is 1.94. The van der Waals surface area contributed by atoms with E-state index in [1.54, 1.807) is 0 Å². The van der Waals surface area contributed by atoms with Crippen molar-refractivity contribution in [3.8, 4) is 0 Å². The van der Waals surface area contributed by atoms with E-state index < -0.39 is 0 Å². The van der Waals surface area contributed by atoms with Crippen LogP contribution in [0.4, 0.5) is 0 Å². The second-order valence-electron chi connectivity index (χ2n) is 3.31. The van der Waals surface area contributed by atoms with E-state index in [1.165, 1.54) is 13.0 Å². The summed E-state index contributed by atoms with van der Waals surface area (Å²) in [5.41, 5.74) is 0. The molecule has 58 valence electrons. The van der Waals surface area contributed by atoms with Crippen molar-refractivity contribution in [2.45, 2.75) is 20.3 Å². The van der Waals surface area contributed by atoms with Crippen molar-refractivity contribution < 1.29 is 0 Å². The topological polar surface area (TPSA) is 3.24 Å². The summed E-state index contributed by atoms with van der Waals surface area (Å²) in [5, 5.41) is 0. The Bertz CT molecular complexity index is 129. The van der Waals surface area contributed by atoms with Crippen molar-refractivity contribution in [2.24, 2.45) is 11.8 Å². The van der Waals surface area contributed by atoms with Crippen molar-refractivity contribution >= 4 is 0 Å². The van der Waals surface area contributed by atoms with Crippen LogP contribution in [-0.2, 0) is 0 Å². The van der Waals surface area contributed by atoms with Gasteiger partial charge in [-0.25, -0.2) is 0 Å². The average molecular weight is 139 g/mol. The minimum atomic E-state index is 0.779. The fraction of sp³-hybridized carbons (Fsp3) is 0.778. The zero-order valence-electron chi connectivity index (χ0n) is 7.17. The van der Waals surface area contributed by atoms with Gasteiger partial charge in [-0.15, -0.1) is 0 Å². The lowest BCUT2D eigenvalue weighted by Gasteiger charge is -2.30. The molecule has 0 spiro atoms. The Labute approximate surface area is 63.7 Å². The van der Waals surface area contributed by atoms with E-state index in [2.05, 4.69) is 38.1 Å². The van der Waals surface area contributed by atoms with Crippen LogP contribution in [-0.4, -0.2) is 18.5 Å². The van der Waals surface area contributed by atoms with E-state index in [1.807, 2.05) is 0 Å². The Kier molecular flexibility index (Phi) is 2.36. The lowest BCUT2D eigenvalue weighted by molar-refractivity contribution is 0.273. The van der Waals surface area contributed by atoms with Crippen LogP contribution < -0.4 is 0 Å². The normalized spacial score (nSPS) is 32.9. The van der Waals surface area contributed by atoms with Gasteiger partial charge >= 0.3 is 0 Å². The van der Waals surface area contributed by atoms with Gasteiger partial charge in [0, 0.05) is 13.6 Å². The largest absolute Gasteiger partial charge is 0.380 e. The quantitative estimate of drug-likeness (QED) is 0.538. The second-order valence-corrected chi connectivity index (χ2v) is 3.31. The molecule has 0 bridgehead atoms. The molecule has 0 aliphatic carbocycles. The predicted octanol–water partition coefficient (Wildman–Crippen LogP) is 2.11. The number of nitrogens with zero attached hydrogens (tertiary/aromatic N) is 1. The van der Waals surface area contributed by atoms with Crippen LogP contribution in [0.25, 0.3) is 0 Å². The molecule has 0 saturated carbocycles. The number of allylic oxidation sites excluding steroid dienone is 1. The zero-order valence-corrected chi connectivity index (χ0v) is 7.17. The molecule has 0 aromatic carbocycles. The van der Waals surface area contributed by atoms with Crippen LogP contribution in [0.3, 0.4) is 0 Å². The summed E-state index contributed by atoms with van der Waals surface area (Å²) < 4.78 is 0. The van der Waals surface area contributed by atoms with E-state index in [4.69, 9.17) is 0 Å². The van der Waals surface area contributed by atoms with E-state index in [0.717, 1.165) is 11.8 Å². The van der Waals surface area contributed by atoms with Crippen molar-refractivity contribution in [2.75, 3.05) is 13.6 Å². The highest BCUT2D eigenvalue weighted by molar-refractivity contribution is 4.94. The van der Waals surface area contributed by atoms with Gasteiger partial charge in [0.1, 0.15) is 0 Å². The molecule has 0 aromatic heterocycles. The summed E-state index contributed by atoms with van der Waals surface area (Å²) in [7, 11) is 2.14. The third kappa shape index (κ3) is 1.53. The number of hydrogen-bond acceptors (Lipinski definition) is 1. The number of rotatable bonds is 1. The molecule has 1 aliphatic heterocycles. The molecule has 2 atom stereocenters. The third-order valence-electron chi connectivity index (χ3n) is 2.43. The first kappa shape index (κ1) is 7.64. The maximum Gasteiger partial charge on any atom is 0.0202 e. The molecule has 1 aliphatic rings. The molecule has 0 amide bonds. The van der Waals surface area contributed by atoms with Crippen molar-refractivity contribution in [1.82, 2.24) is 4.90 Å². The highest BCUT2D eigenvalue weighted by Crippen LogP contribution is 2.21. The molecule has 0 saturated heterocycles. The fourth-order valence-corrected chi connectivity index (χ4v) is 1.54. The summed E-state index contributed by atoms with van der Waals surface area (Å²) in [4.78, 5) is 2.27. The van der Waals surface area contributed by atoms with Gasteiger partial charge in [0.2, 0.25) is 0 Å². The Morgan fingerprint density at radius 2 is 2.30 bits per heavy atom. The zero-order chi connectivity index (χ0) is 7.56. The standard InChI is InChI=1S/C9H17N/c1-4-9-7-10(3)6-5-8(9)2/h5-6,8-9H,4,7H2,1-3H3. The molecular formula is C9H17N. The van der Waals surface area contributed by atoms with E-state index in [0.29, 0.717) is 0 Å². The molecule has 1 rings (SSSR count). The van der Waals surface area contributed by atoms with Crippen LogP contribution >= 0.6 is 0 Å². The van der Waals surface area contributed by atoms with Gasteiger partial charge < -0.3 is 4.90 Å². The van der Waals surface area contributed by atoms with Crippen LogP contribution in [0.1, 0.15) is 20.3 Å². The molecule has 0 N–H and O–H groups in total. The highest BCUT2D eigenvalue weighted by atomic mass is 15.1. The minimum Gasteiger partial charge on any atom is -0.380 e. The van der Waals surface area contributed by atoms with Crippen LogP contribution in [0.2, 0.25) is 0 Å². The van der Waals surface area contributed by atoms with Crippen molar-refractivity contribution in [1.29, 1.82) is 0 Å². The van der Waals surface area contributed by atoms with Gasteiger partial charge in [-0.2, -0.15) is 0 Å². The van der Waals surface area contributed by atoms with Gasteiger partial charge in [0.05, 0.1) is 0 Å². The molecule has 2 unspecified atom stereocenters. The molecule has 0 radical (unpaired) electrons. The lowest BCUT2D eigenvalue weighted by Crippen LogP contribution is -2.28. The SMILES string of the molecule is CCC1CN(C)C=CC1C. The van der Waals surface area contributed by atoms with Crippen LogP contribution in [0.5, 0.6) is 0 Å². The van der Waals surface area contributed by atoms with Gasteiger partial charge in [-0.3, -0.25) is 0 Å². The summed E-state index contributed by atoms with van der Waals surface area (Å²) in [6, 6.07) is 0. The molecular weight excluding hydrogens is 122 g/mol. The summed E-state index contributed by atoms with van der Waals surface area (Å²) in [5.74, 6) is 1.65. The molecule has 1 heterocycles. The Hall–Kier alpha value is -0.460. The second kappa shape index (κ2) is 3.09. The first-order valence-electron chi connectivity index (χ1n) is 4.12. The predicted molar refractivity (Wildman–Crippen MR) is 44.7 cm³/mol. The maximum absolute atomic E-state index is 2.30. The van der Waals surface area contributed by atoms with Crippen molar-refractivity contribution in [3.05, 3.63) is 12.3 Å². The molecule has 1 nitrogen and oxygen atoms in total. The smallest absolute Gasteiger partial charge is 0.0202 e. The Balaban J connectivity index is 2.53. The van der Waals surface area contributed by atoms with Gasteiger partial charge in [-0.1, -0.05) is 26.3 Å². The maximum atomic E-state index is 2.30. The molecule has 1 heteroatoms. The Morgan fingerprint density at radius 3 is 2.80 bits per heavy atom. The first-order chi connectivity index (χ1) is 4.74. The molecule has 0 aromatic rings. The van der Waals surface area contributed by atoms with E-state index in [9.17, 15) is 0 Å². The van der Waals surface area contributed by atoms with Crippen LogP contribution in [0.15, 0.2) is 12.3 Å². The first-order valence-corrected chi connectivity index (χ1v) is 4.12. The van der Waals surface area contributed by atoms with Gasteiger partial charge in [-0.05, 0) is 18.0 Å². The minimum absolute atomic E-state index is 0.779.